The minimum absolute atomic E-state index is 0.625. The molecule has 0 bridgehead atoms. The van der Waals surface area contributed by atoms with Crippen molar-refractivity contribution in [2.75, 3.05) is 6.54 Å². The molecular formula is C13H20N4O. The highest BCUT2D eigenvalue weighted by molar-refractivity contribution is 5.26. The van der Waals surface area contributed by atoms with Gasteiger partial charge in [-0.3, -0.25) is 0 Å². The molecule has 5 heteroatoms. The summed E-state index contributed by atoms with van der Waals surface area (Å²) in [5, 5.41) is 7.27. The monoisotopic (exact) mass is 248 g/mol. The maximum absolute atomic E-state index is 4.93. The van der Waals surface area contributed by atoms with Gasteiger partial charge in [0.1, 0.15) is 0 Å². The first-order valence-corrected chi connectivity index (χ1v) is 6.19. The van der Waals surface area contributed by atoms with E-state index >= 15 is 0 Å². The molecule has 0 saturated heterocycles. The van der Waals surface area contributed by atoms with Gasteiger partial charge in [0.15, 0.2) is 5.82 Å². The highest BCUT2D eigenvalue weighted by Gasteiger charge is 2.06. The summed E-state index contributed by atoms with van der Waals surface area (Å²) >= 11 is 0. The first-order chi connectivity index (χ1) is 8.58. The van der Waals surface area contributed by atoms with Gasteiger partial charge in [0.25, 0.3) is 0 Å². The van der Waals surface area contributed by atoms with Crippen LogP contribution >= 0.6 is 0 Å². The number of nitrogens with one attached hydrogen (secondary N) is 1. The van der Waals surface area contributed by atoms with Crippen molar-refractivity contribution in [1.29, 1.82) is 0 Å². The van der Waals surface area contributed by atoms with Gasteiger partial charge in [0.2, 0.25) is 5.89 Å². The Morgan fingerprint density at radius 1 is 1.33 bits per heavy atom. The standard InChI is InChI=1S/C13H20N4O/c1-9-7-12(10(2)17(9)4)8-14-6-5-13-15-11(3)18-16-13/h7,14H,5-6,8H2,1-4H3. The molecule has 0 fully saturated rings. The smallest absolute Gasteiger partial charge is 0.223 e. The minimum Gasteiger partial charge on any atom is -0.352 e. The Morgan fingerprint density at radius 2 is 2.11 bits per heavy atom. The van der Waals surface area contributed by atoms with Gasteiger partial charge in [-0.2, -0.15) is 4.98 Å². The van der Waals surface area contributed by atoms with Crippen molar-refractivity contribution in [3.63, 3.8) is 0 Å². The maximum Gasteiger partial charge on any atom is 0.223 e. The van der Waals surface area contributed by atoms with Crippen LogP contribution in [0.5, 0.6) is 0 Å². The molecule has 5 nitrogen and oxygen atoms in total. The minimum atomic E-state index is 0.625. The Kier molecular flexibility index (Phi) is 3.81. The first-order valence-electron chi connectivity index (χ1n) is 6.19. The molecule has 0 aliphatic heterocycles. The zero-order chi connectivity index (χ0) is 13.1. The lowest BCUT2D eigenvalue weighted by Crippen LogP contribution is -2.17. The van der Waals surface area contributed by atoms with Crippen molar-refractivity contribution in [2.45, 2.75) is 33.7 Å². The summed E-state index contributed by atoms with van der Waals surface area (Å²) in [4.78, 5) is 4.17. The molecule has 2 aromatic rings. The Morgan fingerprint density at radius 3 is 2.67 bits per heavy atom. The van der Waals surface area contributed by atoms with Crippen LogP contribution in [0, 0.1) is 20.8 Å². The van der Waals surface area contributed by atoms with Crippen LogP contribution in [0.1, 0.15) is 28.7 Å². The summed E-state index contributed by atoms with van der Waals surface area (Å²) in [5.74, 6) is 1.39. The Balaban J connectivity index is 1.80. The zero-order valence-corrected chi connectivity index (χ0v) is 11.4. The molecular weight excluding hydrogens is 228 g/mol. The molecule has 0 spiro atoms. The van der Waals surface area contributed by atoms with Crippen LogP contribution in [-0.2, 0) is 20.0 Å². The number of rotatable bonds is 5. The molecule has 98 valence electrons. The average Bonchev–Trinajstić information content (AvgIpc) is 2.85. The molecule has 2 rings (SSSR count). The summed E-state index contributed by atoms with van der Waals surface area (Å²) in [5.41, 5.74) is 3.95. The second kappa shape index (κ2) is 5.35. The molecule has 0 amide bonds. The number of nitrogens with zero attached hydrogens (tertiary/aromatic N) is 3. The fourth-order valence-electron chi connectivity index (χ4n) is 1.98. The second-order valence-corrected chi connectivity index (χ2v) is 4.61. The quantitative estimate of drug-likeness (QED) is 0.818. The fourth-order valence-corrected chi connectivity index (χ4v) is 1.98. The molecule has 0 aliphatic carbocycles. The van der Waals surface area contributed by atoms with Gasteiger partial charge in [0.05, 0.1) is 0 Å². The largest absolute Gasteiger partial charge is 0.352 e. The van der Waals surface area contributed by atoms with E-state index in [1.54, 1.807) is 6.92 Å². The van der Waals surface area contributed by atoms with Crippen molar-refractivity contribution in [1.82, 2.24) is 20.0 Å². The molecule has 2 aromatic heterocycles. The zero-order valence-electron chi connectivity index (χ0n) is 11.4. The summed E-state index contributed by atoms with van der Waals surface area (Å²) in [7, 11) is 2.09. The molecule has 1 N–H and O–H groups in total. The highest BCUT2D eigenvalue weighted by atomic mass is 16.5. The number of aryl methyl sites for hydroxylation is 2. The van der Waals surface area contributed by atoms with Gasteiger partial charge in [0, 0.05) is 44.9 Å². The maximum atomic E-state index is 4.93. The average molecular weight is 248 g/mol. The van der Waals surface area contributed by atoms with Crippen LogP contribution in [-0.4, -0.2) is 21.3 Å². The lowest BCUT2D eigenvalue weighted by Gasteiger charge is -2.04. The van der Waals surface area contributed by atoms with E-state index < -0.39 is 0 Å². The van der Waals surface area contributed by atoms with Crippen LogP contribution in [0.2, 0.25) is 0 Å². The lowest BCUT2D eigenvalue weighted by atomic mass is 10.2. The van der Waals surface area contributed by atoms with Gasteiger partial charge in [-0.05, 0) is 25.5 Å². The van der Waals surface area contributed by atoms with E-state index in [9.17, 15) is 0 Å². The highest BCUT2D eigenvalue weighted by Crippen LogP contribution is 2.12. The van der Waals surface area contributed by atoms with Gasteiger partial charge >= 0.3 is 0 Å². The Bertz CT molecular complexity index is 527. The third-order valence-electron chi connectivity index (χ3n) is 3.29. The second-order valence-electron chi connectivity index (χ2n) is 4.61. The van der Waals surface area contributed by atoms with E-state index in [1.165, 1.54) is 17.0 Å². The van der Waals surface area contributed by atoms with Crippen molar-refractivity contribution >= 4 is 0 Å². The normalized spacial score (nSPS) is 11.1. The molecule has 0 radical (unpaired) electrons. The van der Waals surface area contributed by atoms with Crippen LogP contribution in [0.3, 0.4) is 0 Å². The Labute approximate surface area is 107 Å². The fraction of sp³-hybridized carbons (Fsp3) is 0.538. The molecule has 18 heavy (non-hydrogen) atoms. The van der Waals surface area contributed by atoms with Crippen LogP contribution in [0.4, 0.5) is 0 Å². The summed E-state index contributed by atoms with van der Waals surface area (Å²) in [6, 6.07) is 2.22. The molecule has 0 aliphatic rings. The summed E-state index contributed by atoms with van der Waals surface area (Å²) in [6.07, 6.45) is 0.794. The molecule has 2 heterocycles. The predicted octanol–water partition coefficient (Wildman–Crippen LogP) is 1.67. The van der Waals surface area contributed by atoms with Crippen LogP contribution in [0.25, 0.3) is 0 Å². The van der Waals surface area contributed by atoms with Crippen molar-refractivity contribution in [3.8, 4) is 0 Å². The van der Waals surface area contributed by atoms with E-state index in [-0.39, 0.29) is 0 Å². The van der Waals surface area contributed by atoms with Crippen molar-refractivity contribution in [3.05, 3.63) is 34.7 Å². The molecule has 0 unspecified atom stereocenters. The van der Waals surface area contributed by atoms with Gasteiger partial charge in [-0.15, -0.1) is 0 Å². The van der Waals surface area contributed by atoms with E-state index in [1.807, 2.05) is 0 Å². The third kappa shape index (κ3) is 2.79. The topological polar surface area (TPSA) is 55.9 Å². The van der Waals surface area contributed by atoms with E-state index in [2.05, 4.69) is 47.0 Å². The van der Waals surface area contributed by atoms with Crippen molar-refractivity contribution < 1.29 is 4.52 Å². The van der Waals surface area contributed by atoms with E-state index in [4.69, 9.17) is 4.52 Å². The summed E-state index contributed by atoms with van der Waals surface area (Å²) < 4.78 is 7.13. The molecule has 0 aromatic carbocycles. The first kappa shape index (κ1) is 12.8. The van der Waals surface area contributed by atoms with Gasteiger partial charge < -0.3 is 14.4 Å². The van der Waals surface area contributed by atoms with E-state index in [0.29, 0.717) is 5.89 Å². The Hall–Kier alpha value is -1.62. The van der Waals surface area contributed by atoms with Gasteiger partial charge in [-0.25, -0.2) is 0 Å². The third-order valence-corrected chi connectivity index (χ3v) is 3.29. The lowest BCUT2D eigenvalue weighted by molar-refractivity contribution is 0.387. The van der Waals surface area contributed by atoms with Gasteiger partial charge in [-0.1, -0.05) is 5.16 Å². The number of hydrogen-bond acceptors (Lipinski definition) is 4. The molecule has 0 saturated carbocycles. The van der Waals surface area contributed by atoms with Crippen LogP contribution in [0.15, 0.2) is 10.6 Å². The molecule has 0 atom stereocenters. The number of aromatic nitrogens is 3. The predicted molar refractivity (Wildman–Crippen MR) is 69.3 cm³/mol. The van der Waals surface area contributed by atoms with Crippen LogP contribution < -0.4 is 5.32 Å². The number of hydrogen-bond donors (Lipinski definition) is 1. The SMILES string of the molecule is Cc1nc(CCNCc2cc(C)n(C)c2C)no1. The van der Waals surface area contributed by atoms with E-state index in [0.717, 1.165) is 25.3 Å². The summed E-state index contributed by atoms with van der Waals surface area (Å²) in [6.45, 7) is 7.81. The van der Waals surface area contributed by atoms with Crippen molar-refractivity contribution in [2.24, 2.45) is 7.05 Å².